The van der Waals surface area contributed by atoms with Gasteiger partial charge in [-0.3, -0.25) is 4.98 Å². The van der Waals surface area contributed by atoms with E-state index in [4.69, 9.17) is 9.84 Å². The van der Waals surface area contributed by atoms with Gasteiger partial charge < -0.3 is 4.74 Å². The topological polar surface area (TPSA) is 39.9 Å². The van der Waals surface area contributed by atoms with E-state index in [1.807, 2.05) is 48.1 Å². The van der Waals surface area contributed by atoms with Gasteiger partial charge in [0.25, 0.3) is 0 Å². The van der Waals surface area contributed by atoms with Crippen LogP contribution in [0.1, 0.15) is 18.1 Å². The zero-order chi connectivity index (χ0) is 21.5. The molecule has 0 aliphatic heterocycles. The Morgan fingerprint density at radius 2 is 1.71 bits per heavy atom. The molecule has 0 bridgehead atoms. The maximum Gasteiger partial charge on any atom is 0.124 e. The third-order valence-electron chi connectivity index (χ3n) is 5.64. The molecule has 2 aromatic heterocycles. The van der Waals surface area contributed by atoms with E-state index in [9.17, 15) is 4.39 Å². The van der Waals surface area contributed by atoms with Crippen molar-refractivity contribution in [2.75, 3.05) is 6.61 Å². The molecule has 0 amide bonds. The number of nitrogens with zero attached hydrogens (tertiary/aromatic N) is 3. The van der Waals surface area contributed by atoms with Crippen LogP contribution < -0.4 is 4.74 Å². The van der Waals surface area contributed by atoms with E-state index in [2.05, 4.69) is 31.0 Å². The molecule has 2 heterocycles. The third-order valence-corrected chi connectivity index (χ3v) is 5.64. The molecule has 154 valence electrons. The maximum atomic E-state index is 14.2. The minimum absolute atomic E-state index is 0.294. The van der Waals surface area contributed by atoms with Crippen molar-refractivity contribution in [3.63, 3.8) is 0 Å². The molecule has 0 N–H and O–H groups in total. The number of benzene rings is 3. The van der Waals surface area contributed by atoms with Crippen molar-refractivity contribution in [3.8, 4) is 22.7 Å². The van der Waals surface area contributed by atoms with Crippen molar-refractivity contribution in [1.82, 2.24) is 14.8 Å². The number of rotatable bonds is 4. The van der Waals surface area contributed by atoms with Crippen LogP contribution in [0.5, 0.6) is 5.75 Å². The van der Waals surface area contributed by atoms with Crippen LogP contribution in [0, 0.1) is 19.7 Å². The van der Waals surface area contributed by atoms with Crippen LogP contribution in [0.25, 0.3) is 38.8 Å². The molecule has 5 aromatic rings. The van der Waals surface area contributed by atoms with E-state index in [0.717, 1.165) is 44.5 Å². The fourth-order valence-electron chi connectivity index (χ4n) is 3.89. The molecule has 0 unspecified atom stereocenters. The Balaban J connectivity index is 1.82. The predicted octanol–water partition coefficient (Wildman–Crippen LogP) is 6.40. The van der Waals surface area contributed by atoms with Gasteiger partial charge >= 0.3 is 0 Å². The molecule has 0 atom stereocenters. The summed E-state index contributed by atoms with van der Waals surface area (Å²) in [6, 6.07) is 18.8. The fourth-order valence-corrected chi connectivity index (χ4v) is 3.89. The first-order chi connectivity index (χ1) is 15.0. The average Bonchev–Trinajstić information content (AvgIpc) is 3.16. The van der Waals surface area contributed by atoms with Crippen molar-refractivity contribution < 1.29 is 9.13 Å². The molecule has 5 heteroatoms. The first kappa shape index (κ1) is 19.2. The van der Waals surface area contributed by atoms with E-state index in [-0.39, 0.29) is 5.82 Å². The van der Waals surface area contributed by atoms with Gasteiger partial charge in [-0.25, -0.2) is 9.07 Å². The van der Waals surface area contributed by atoms with Crippen molar-refractivity contribution >= 4 is 21.8 Å². The van der Waals surface area contributed by atoms with Gasteiger partial charge in [-0.2, -0.15) is 5.10 Å². The summed E-state index contributed by atoms with van der Waals surface area (Å²) in [6.45, 7) is 6.74. The molecule has 31 heavy (non-hydrogen) atoms. The van der Waals surface area contributed by atoms with Crippen LogP contribution in [0.4, 0.5) is 4.39 Å². The number of aromatic nitrogens is 3. The quantitative estimate of drug-likeness (QED) is 0.344. The lowest BCUT2D eigenvalue weighted by Crippen LogP contribution is -1.99. The number of hydrogen-bond donors (Lipinski definition) is 0. The zero-order valence-corrected chi connectivity index (χ0v) is 17.7. The molecule has 0 aliphatic rings. The Hall–Kier alpha value is -3.73. The van der Waals surface area contributed by atoms with Crippen LogP contribution in [0.2, 0.25) is 0 Å². The molecule has 0 saturated carbocycles. The molecular formula is C26H22FN3O. The third kappa shape index (κ3) is 3.32. The summed E-state index contributed by atoms with van der Waals surface area (Å²) in [5.74, 6) is 0.520. The average molecular weight is 411 g/mol. The second-order valence-electron chi connectivity index (χ2n) is 7.67. The largest absolute Gasteiger partial charge is 0.494 e. The molecule has 0 radical (unpaired) electrons. The summed E-state index contributed by atoms with van der Waals surface area (Å²) in [4.78, 5) is 4.58. The highest BCUT2D eigenvalue weighted by Gasteiger charge is 2.18. The lowest BCUT2D eigenvalue weighted by molar-refractivity contribution is 0.340. The molecule has 3 aromatic carbocycles. The minimum Gasteiger partial charge on any atom is -0.494 e. The predicted molar refractivity (Wildman–Crippen MR) is 122 cm³/mol. The standard InChI is InChI=1S/C26H22FN3O/c1-4-31-21-10-6-18(7-11-21)25-23-15-28-24-12-8-19(27)14-22(24)26(23)30(29-25)20-9-5-16(2)17(3)13-20/h5-15H,4H2,1-3H3. The molecule has 5 rings (SSSR count). The molecule has 4 nitrogen and oxygen atoms in total. The molecule has 0 fully saturated rings. The lowest BCUT2D eigenvalue weighted by Gasteiger charge is -2.08. The van der Waals surface area contributed by atoms with E-state index in [1.165, 1.54) is 23.3 Å². The van der Waals surface area contributed by atoms with Crippen molar-refractivity contribution in [3.05, 3.63) is 83.8 Å². The smallest absolute Gasteiger partial charge is 0.124 e. The monoisotopic (exact) mass is 411 g/mol. The number of aryl methyl sites for hydroxylation is 2. The van der Waals surface area contributed by atoms with E-state index in [1.54, 1.807) is 6.07 Å². The first-order valence-electron chi connectivity index (χ1n) is 10.3. The number of hydrogen-bond acceptors (Lipinski definition) is 3. The summed E-state index contributed by atoms with van der Waals surface area (Å²) < 4.78 is 21.7. The van der Waals surface area contributed by atoms with Crippen LogP contribution in [0.15, 0.2) is 66.9 Å². The normalized spacial score (nSPS) is 11.4. The summed E-state index contributed by atoms with van der Waals surface area (Å²) in [5, 5.41) is 6.58. The van der Waals surface area contributed by atoms with Gasteiger partial charge in [0.1, 0.15) is 17.3 Å². The van der Waals surface area contributed by atoms with E-state index >= 15 is 0 Å². The highest BCUT2D eigenvalue weighted by Crippen LogP contribution is 2.34. The minimum atomic E-state index is -0.294. The molecular weight excluding hydrogens is 389 g/mol. The van der Waals surface area contributed by atoms with Crippen molar-refractivity contribution in [2.24, 2.45) is 0 Å². The van der Waals surface area contributed by atoms with E-state index in [0.29, 0.717) is 6.61 Å². The number of ether oxygens (including phenoxy) is 1. The van der Waals surface area contributed by atoms with Gasteiger partial charge in [0.05, 0.1) is 23.3 Å². The van der Waals surface area contributed by atoms with Crippen LogP contribution >= 0.6 is 0 Å². The highest BCUT2D eigenvalue weighted by atomic mass is 19.1. The number of pyridine rings is 1. The highest BCUT2D eigenvalue weighted by molar-refractivity contribution is 6.08. The Morgan fingerprint density at radius 1 is 0.903 bits per heavy atom. The van der Waals surface area contributed by atoms with Gasteiger partial charge in [-0.1, -0.05) is 6.07 Å². The van der Waals surface area contributed by atoms with Gasteiger partial charge in [-0.15, -0.1) is 0 Å². The van der Waals surface area contributed by atoms with Crippen molar-refractivity contribution in [1.29, 1.82) is 0 Å². The first-order valence-corrected chi connectivity index (χ1v) is 10.3. The number of halogens is 1. The summed E-state index contributed by atoms with van der Waals surface area (Å²) >= 11 is 0. The molecule has 0 saturated heterocycles. The van der Waals surface area contributed by atoms with Gasteiger partial charge in [0.15, 0.2) is 0 Å². The molecule has 0 spiro atoms. The van der Waals surface area contributed by atoms with E-state index < -0.39 is 0 Å². The Morgan fingerprint density at radius 3 is 2.45 bits per heavy atom. The van der Waals surface area contributed by atoms with Crippen molar-refractivity contribution in [2.45, 2.75) is 20.8 Å². The SMILES string of the molecule is CCOc1ccc(-c2nn(-c3ccc(C)c(C)c3)c3c2cnc2ccc(F)cc23)cc1. The Kier molecular flexibility index (Phi) is 4.66. The molecule has 0 aliphatic carbocycles. The van der Waals surface area contributed by atoms with Crippen LogP contribution in [0.3, 0.4) is 0 Å². The van der Waals surface area contributed by atoms with Crippen LogP contribution in [-0.2, 0) is 0 Å². The number of fused-ring (bicyclic) bond motifs is 3. The van der Waals surface area contributed by atoms with Gasteiger partial charge in [-0.05, 0) is 86.5 Å². The summed E-state index contributed by atoms with van der Waals surface area (Å²) in [6.07, 6.45) is 1.83. The maximum absolute atomic E-state index is 14.2. The Labute approximate surface area is 179 Å². The second kappa shape index (κ2) is 7.51. The second-order valence-corrected chi connectivity index (χ2v) is 7.67. The fraction of sp³-hybridized carbons (Fsp3) is 0.154. The summed E-state index contributed by atoms with van der Waals surface area (Å²) in [5.41, 5.74) is 6.65. The van der Waals surface area contributed by atoms with Crippen LogP contribution in [-0.4, -0.2) is 21.4 Å². The zero-order valence-electron chi connectivity index (χ0n) is 17.7. The lowest BCUT2D eigenvalue weighted by atomic mass is 10.1. The Bertz CT molecular complexity index is 1420. The summed E-state index contributed by atoms with van der Waals surface area (Å²) in [7, 11) is 0. The van der Waals surface area contributed by atoms with Gasteiger partial charge in [0, 0.05) is 22.5 Å². The van der Waals surface area contributed by atoms with Gasteiger partial charge in [0.2, 0.25) is 0 Å².